The Balaban J connectivity index is 0.000000156. The first kappa shape index (κ1) is 18.7. The summed E-state index contributed by atoms with van der Waals surface area (Å²) in [6, 6.07) is 0. The van der Waals surface area contributed by atoms with E-state index >= 15 is 0 Å². The maximum Gasteiger partial charge on any atom is 0.137 e. The molecule has 0 aliphatic heterocycles. The van der Waals surface area contributed by atoms with Crippen molar-refractivity contribution in [2.75, 3.05) is 0 Å². The standard InChI is InChI=1S/5C2H3N3/c5*1-3-2-5-4-1/h5*1-2H,(H,3,4,5). The lowest BCUT2D eigenvalue weighted by molar-refractivity contribution is 1.09. The van der Waals surface area contributed by atoms with Gasteiger partial charge in [0.25, 0.3) is 0 Å². The number of H-pyrrole nitrogens is 5. The quantitative estimate of drug-likeness (QED) is 0.231. The first-order valence-electron chi connectivity index (χ1n) is 6.43. The van der Waals surface area contributed by atoms with E-state index in [1.165, 1.54) is 63.3 Å². The van der Waals surface area contributed by atoms with Gasteiger partial charge in [-0.2, -0.15) is 25.5 Å². The van der Waals surface area contributed by atoms with E-state index in [2.05, 4.69) is 75.9 Å². The van der Waals surface area contributed by atoms with E-state index < -0.39 is 0 Å². The number of nitrogens with zero attached hydrogens (tertiary/aromatic N) is 10. The van der Waals surface area contributed by atoms with Crippen molar-refractivity contribution in [3.63, 3.8) is 0 Å². The third kappa shape index (κ3) is 14.4. The normalized spacial score (nSPS) is 8.00. The van der Waals surface area contributed by atoms with E-state index in [0.29, 0.717) is 0 Å². The Bertz CT molecular complexity index is 459. The van der Waals surface area contributed by atoms with Gasteiger partial charge in [0.1, 0.15) is 63.3 Å². The molecule has 0 amide bonds. The largest absolute Gasteiger partial charge is 0.266 e. The molecule has 0 saturated carbocycles. The third-order valence-electron chi connectivity index (χ3n) is 1.66. The molecule has 0 bridgehead atoms. The first-order valence-corrected chi connectivity index (χ1v) is 6.43. The Morgan fingerprint density at radius 3 is 0.560 bits per heavy atom. The average Bonchev–Trinajstić information content (AvgIpc) is 3.55. The molecule has 0 aromatic carbocycles. The van der Waals surface area contributed by atoms with Crippen LogP contribution in [0.5, 0.6) is 0 Å². The monoisotopic (exact) mass is 345 g/mol. The van der Waals surface area contributed by atoms with Gasteiger partial charge < -0.3 is 0 Å². The predicted molar refractivity (Wildman–Crippen MR) is 81.9 cm³/mol. The van der Waals surface area contributed by atoms with E-state index in [9.17, 15) is 0 Å². The van der Waals surface area contributed by atoms with Crippen LogP contribution < -0.4 is 0 Å². The molecule has 0 aliphatic carbocycles. The van der Waals surface area contributed by atoms with Gasteiger partial charge >= 0.3 is 0 Å². The lowest BCUT2D eigenvalue weighted by Gasteiger charge is -1.46. The zero-order chi connectivity index (χ0) is 17.7. The van der Waals surface area contributed by atoms with Crippen LogP contribution in [0.25, 0.3) is 0 Å². The lowest BCUT2D eigenvalue weighted by Crippen LogP contribution is -1.53. The molecule has 15 heteroatoms. The smallest absolute Gasteiger partial charge is 0.137 e. The fraction of sp³-hybridized carbons (Fsp3) is 0. The third-order valence-corrected chi connectivity index (χ3v) is 1.66. The van der Waals surface area contributed by atoms with Crippen LogP contribution in [-0.4, -0.2) is 75.9 Å². The molecular formula is C10H15N15. The number of hydrogen-bond donors (Lipinski definition) is 5. The first-order chi connectivity index (χ1) is 12.5. The molecule has 5 N–H and O–H groups in total. The fourth-order valence-electron chi connectivity index (χ4n) is 0.833. The molecule has 0 fully saturated rings. The van der Waals surface area contributed by atoms with Crippen molar-refractivity contribution in [1.82, 2.24) is 75.9 Å². The Morgan fingerprint density at radius 1 is 0.320 bits per heavy atom. The van der Waals surface area contributed by atoms with Crippen molar-refractivity contribution in [3.8, 4) is 0 Å². The minimum Gasteiger partial charge on any atom is -0.266 e. The van der Waals surface area contributed by atoms with Gasteiger partial charge in [0, 0.05) is 0 Å². The molecule has 0 spiro atoms. The van der Waals surface area contributed by atoms with Crippen LogP contribution in [0.1, 0.15) is 0 Å². The van der Waals surface area contributed by atoms with Crippen LogP contribution >= 0.6 is 0 Å². The van der Waals surface area contributed by atoms with E-state index in [-0.39, 0.29) is 0 Å². The molecule has 5 aromatic heterocycles. The number of hydrogen-bond acceptors (Lipinski definition) is 10. The number of rotatable bonds is 0. The minimum absolute atomic E-state index is 1.44. The Kier molecular flexibility index (Phi) is 12.1. The lowest BCUT2D eigenvalue weighted by atomic mass is 11.3. The van der Waals surface area contributed by atoms with Crippen molar-refractivity contribution in [1.29, 1.82) is 0 Å². The molecule has 15 nitrogen and oxygen atoms in total. The van der Waals surface area contributed by atoms with Gasteiger partial charge in [-0.15, -0.1) is 0 Å². The van der Waals surface area contributed by atoms with Gasteiger partial charge in [-0.25, -0.2) is 24.9 Å². The average molecular weight is 345 g/mol. The summed E-state index contributed by atoms with van der Waals surface area (Å²) in [6.07, 6.45) is 14.8. The Hall–Kier alpha value is -4.30. The molecule has 0 saturated heterocycles. The molecule has 5 rings (SSSR count). The summed E-state index contributed by atoms with van der Waals surface area (Å²) in [5.74, 6) is 0. The molecule has 5 heterocycles. The number of aromatic amines is 5. The van der Waals surface area contributed by atoms with Gasteiger partial charge in [0.15, 0.2) is 0 Å². The second-order valence-corrected chi connectivity index (χ2v) is 3.26. The van der Waals surface area contributed by atoms with Gasteiger partial charge in [0.2, 0.25) is 0 Å². The van der Waals surface area contributed by atoms with E-state index in [1.54, 1.807) is 0 Å². The van der Waals surface area contributed by atoms with Gasteiger partial charge in [0.05, 0.1) is 0 Å². The highest BCUT2D eigenvalue weighted by atomic mass is 15.2. The van der Waals surface area contributed by atoms with Gasteiger partial charge in [-0.05, 0) is 0 Å². The zero-order valence-corrected chi connectivity index (χ0v) is 12.7. The second kappa shape index (κ2) is 16.1. The molecular weight excluding hydrogens is 330 g/mol. The van der Waals surface area contributed by atoms with Crippen LogP contribution in [0.2, 0.25) is 0 Å². The highest BCUT2D eigenvalue weighted by molar-refractivity contribution is 4.45. The van der Waals surface area contributed by atoms with Crippen LogP contribution in [0.4, 0.5) is 0 Å². The highest BCUT2D eigenvalue weighted by Crippen LogP contribution is 1.55. The molecule has 25 heavy (non-hydrogen) atoms. The molecule has 130 valence electrons. The summed E-state index contributed by atoms with van der Waals surface area (Å²) in [5.41, 5.74) is 0. The van der Waals surface area contributed by atoms with Crippen LogP contribution in [0.15, 0.2) is 63.3 Å². The summed E-state index contributed by atoms with van der Waals surface area (Å²) >= 11 is 0. The maximum atomic E-state index is 3.56. The highest BCUT2D eigenvalue weighted by Gasteiger charge is 1.59. The fourth-order valence-corrected chi connectivity index (χ4v) is 0.833. The summed E-state index contributed by atoms with van der Waals surface area (Å²) in [7, 11) is 0. The van der Waals surface area contributed by atoms with Crippen molar-refractivity contribution in [3.05, 3.63) is 63.3 Å². The van der Waals surface area contributed by atoms with Crippen molar-refractivity contribution in [2.45, 2.75) is 0 Å². The topological polar surface area (TPSA) is 208 Å². The van der Waals surface area contributed by atoms with Gasteiger partial charge in [-0.3, -0.25) is 25.5 Å². The summed E-state index contributed by atoms with van der Waals surface area (Å²) in [4.78, 5) is 17.8. The SMILES string of the molecule is c1nc[nH]n1.c1nc[nH]n1.c1nc[nH]n1.c1nc[nH]n1.c1nc[nH]n1. The number of nitrogens with one attached hydrogen (secondary N) is 5. The molecule has 5 aromatic rings. The van der Waals surface area contributed by atoms with Crippen molar-refractivity contribution >= 4 is 0 Å². The zero-order valence-electron chi connectivity index (χ0n) is 12.7. The molecule has 0 unspecified atom stereocenters. The molecule has 0 atom stereocenters. The van der Waals surface area contributed by atoms with Crippen molar-refractivity contribution in [2.24, 2.45) is 0 Å². The van der Waals surface area contributed by atoms with E-state index in [4.69, 9.17) is 0 Å². The Morgan fingerprint density at radius 2 is 0.520 bits per heavy atom. The summed E-state index contributed by atoms with van der Waals surface area (Å²) in [5, 5.41) is 29.9. The van der Waals surface area contributed by atoms with Crippen LogP contribution in [-0.2, 0) is 0 Å². The van der Waals surface area contributed by atoms with Crippen molar-refractivity contribution < 1.29 is 0 Å². The minimum atomic E-state index is 1.44. The molecule has 0 aliphatic rings. The summed E-state index contributed by atoms with van der Waals surface area (Å²) < 4.78 is 0. The molecule has 0 radical (unpaired) electrons. The van der Waals surface area contributed by atoms with Crippen LogP contribution in [0.3, 0.4) is 0 Å². The van der Waals surface area contributed by atoms with E-state index in [0.717, 1.165) is 0 Å². The second-order valence-electron chi connectivity index (χ2n) is 3.26. The van der Waals surface area contributed by atoms with Gasteiger partial charge in [-0.1, -0.05) is 0 Å². The van der Waals surface area contributed by atoms with E-state index in [1.807, 2.05) is 0 Å². The Labute approximate surface area is 140 Å². The van der Waals surface area contributed by atoms with Crippen LogP contribution in [0, 0.1) is 0 Å². The maximum absolute atomic E-state index is 3.56. The summed E-state index contributed by atoms with van der Waals surface area (Å²) in [6.45, 7) is 0. The number of aromatic nitrogens is 15. The predicted octanol–water partition coefficient (Wildman–Crippen LogP) is -0.976.